The quantitative estimate of drug-likeness (QED) is 0.220. The van der Waals surface area contributed by atoms with Crippen molar-refractivity contribution in [3.8, 4) is 16.3 Å². The fourth-order valence-electron chi connectivity index (χ4n) is 5.34. The number of amides is 1. The first-order valence-corrected chi connectivity index (χ1v) is 15.6. The molecular formula is C31H39ClN4O4S. The number of aliphatic carboxylic acids is 1. The fraction of sp³-hybridized carbons (Fsp3) is 0.484. The molecule has 0 spiro atoms. The highest BCUT2D eigenvalue weighted by atomic mass is 35.5. The molecule has 4 rings (SSSR count). The minimum absolute atomic E-state index is 0.0309. The van der Waals surface area contributed by atoms with Gasteiger partial charge in [-0.15, -0.1) is 10.2 Å². The van der Waals surface area contributed by atoms with Crippen molar-refractivity contribution in [3.05, 3.63) is 58.1 Å². The number of benzene rings is 2. The standard InChI is InChI=1S/C31H39ClN4O4S/c1-4-5-15-36(30(39)25-8-6-7-9-26(25)32)31-35-34-29(41-31)23-17-20(2)28(21(3)18-23)40-16-14-22-10-12-24(13-11-22)33-19-27(37)38/h6-9,17-18,22,24,33H,4-5,10-16,19H2,1-3H3,(H,37,38). The van der Waals surface area contributed by atoms with Gasteiger partial charge in [-0.05, 0) is 93.7 Å². The summed E-state index contributed by atoms with van der Waals surface area (Å²) in [5.41, 5.74) is 3.48. The van der Waals surface area contributed by atoms with E-state index in [1.54, 1.807) is 17.0 Å². The Morgan fingerprint density at radius 3 is 2.49 bits per heavy atom. The molecule has 0 atom stereocenters. The molecule has 1 aliphatic rings. The minimum Gasteiger partial charge on any atom is -0.493 e. The third-order valence-electron chi connectivity index (χ3n) is 7.60. The van der Waals surface area contributed by atoms with Crippen LogP contribution in [-0.4, -0.2) is 52.9 Å². The molecule has 10 heteroatoms. The number of nitrogens with one attached hydrogen (secondary N) is 1. The van der Waals surface area contributed by atoms with Crippen LogP contribution in [0.4, 0.5) is 5.13 Å². The van der Waals surface area contributed by atoms with Gasteiger partial charge in [-0.1, -0.05) is 48.4 Å². The minimum atomic E-state index is -0.804. The van der Waals surface area contributed by atoms with Crippen LogP contribution in [0.3, 0.4) is 0 Å². The normalized spacial score (nSPS) is 16.9. The predicted octanol–water partition coefficient (Wildman–Crippen LogP) is 6.92. The number of hydrogen-bond acceptors (Lipinski definition) is 7. The molecule has 2 aromatic carbocycles. The van der Waals surface area contributed by atoms with E-state index in [1.165, 1.54) is 11.3 Å². The van der Waals surface area contributed by atoms with Crippen molar-refractivity contribution in [2.75, 3.05) is 24.6 Å². The topological polar surface area (TPSA) is 105 Å². The molecule has 41 heavy (non-hydrogen) atoms. The van der Waals surface area contributed by atoms with Crippen molar-refractivity contribution in [1.29, 1.82) is 0 Å². The van der Waals surface area contributed by atoms with E-state index in [9.17, 15) is 9.59 Å². The summed E-state index contributed by atoms with van der Waals surface area (Å²) in [6, 6.07) is 11.5. The van der Waals surface area contributed by atoms with Gasteiger partial charge in [-0.3, -0.25) is 14.5 Å². The number of nitrogens with zero attached hydrogens (tertiary/aromatic N) is 3. The third kappa shape index (κ3) is 8.27. The third-order valence-corrected chi connectivity index (χ3v) is 8.92. The Bertz CT molecular complexity index is 1320. The van der Waals surface area contributed by atoms with Gasteiger partial charge in [-0.25, -0.2) is 0 Å². The van der Waals surface area contributed by atoms with Gasteiger partial charge in [0.2, 0.25) is 5.13 Å². The number of carbonyl (C=O) groups excluding carboxylic acids is 1. The summed E-state index contributed by atoms with van der Waals surface area (Å²) in [5, 5.41) is 22.6. The number of ether oxygens (including phenoxy) is 1. The number of halogens is 1. The lowest BCUT2D eigenvalue weighted by atomic mass is 9.84. The fourth-order valence-corrected chi connectivity index (χ4v) is 6.41. The molecule has 220 valence electrons. The van der Waals surface area contributed by atoms with Crippen molar-refractivity contribution in [2.45, 2.75) is 71.8 Å². The van der Waals surface area contributed by atoms with Crippen molar-refractivity contribution < 1.29 is 19.4 Å². The van der Waals surface area contributed by atoms with E-state index in [4.69, 9.17) is 21.4 Å². The lowest BCUT2D eigenvalue weighted by molar-refractivity contribution is -0.136. The van der Waals surface area contributed by atoms with Gasteiger partial charge in [0.1, 0.15) is 10.8 Å². The molecule has 3 aromatic rings. The second-order valence-electron chi connectivity index (χ2n) is 10.7. The van der Waals surface area contributed by atoms with E-state index in [0.29, 0.717) is 40.8 Å². The lowest BCUT2D eigenvalue weighted by Crippen LogP contribution is -2.36. The van der Waals surface area contributed by atoms with Crippen LogP contribution in [0.2, 0.25) is 5.02 Å². The first-order valence-electron chi connectivity index (χ1n) is 14.4. The molecule has 0 unspecified atom stereocenters. The van der Waals surface area contributed by atoms with E-state index in [2.05, 4.69) is 34.6 Å². The Hall–Kier alpha value is -3.01. The Labute approximate surface area is 251 Å². The first kappa shape index (κ1) is 30.9. The monoisotopic (exact) mass is 598 g/mol. The number of carbonyl (C=O) groups is 2. The highest BCUT2D eigenvalue weighted by Gasteiger charge is 2.24. The molecule has 0 bridgehead atoms. The second-order valence-corrected chi connectivity index (χ2v) is 12.1. The molecule has 1 aromatic heterocycles. The van der Waals surface area contributed by atoms with Crippen LogP contribution in [0, 0.1) is 19.8 Å². The van der Waals surface area contributed by atoms with Crippen molar-refractivity contribution in [1.82, 2.24) is 15.5 Å². The maximum atomic E-state index is 13.4. The van der Waals surface area contributed by atoms with E-state index in [0.717, 1.165) is 72.4 Å². The summed E-state index contributed by atoms with van der Waals surface area (Å²) in [6.45, 7) is 7.40. The van der Waals surface area contributed by atoms with Crippen LogP contribution >= 0.6 is 22.9 Å². The molecule has 0 radical (unpaired) electrons. The smallest absolute Gasteiger partial charge is 0.317 e. The molecule has 1 aliphatic carbocycles. The van der Waals surface area contributed by atoms with Crippen LogP contribution in [-0.2, 0) is 4.79 Å². The molecule has 8 nitrogen and oxygen atoms in total. The van der Waals surface area contributed by atoms with E-state index >= 15 is 0 Å². The zero-order valence-corrected chi connectivity index (χ0v) is 25.6. The number of aromatic nitrogens is 2. The summed E-state index contributed by atoms with van der Waals surface area (Å²) < 4.78 is 6.26. The van der Waals surface area contributed by atoms with Crippen molar-refractivity contribution in [3.63, 3.8) is 0 Å². The first-order chi connectivity index (χ1) is 19.8. The van der Waals surface area contributed by atoms with Crippen LogP contribution in [0.25, 0.3) is 10.6 Å². The predicted molar refractivity (Wildman–Crippen MR) is 164 cm³/mol. The SMILES string of the molecule is CCCCN(C(=O)c1ccccc1Cl)c1nnc(-c2cc(C)c(OCCC3CCC(NCC(=O)O)CC3)c(C)c2)s1. The summed E-state index contributed by atoms with van der Waals surface area (Å²) >= 11 is 7.73. The Morgan fingerprint density at radius 1 is 1.12 bits per heavy atom. The van der Waals surface area contributed by atoms with Crippen molar-refractivity contribution >= 4 is 39.9 Å². The van der Waals surface area contributed by atoms with Gasteiger partial charge >= 0.3 is 5.97 Å². The molecule has 1 heterocycles. The molecular weight excluding hydrogens is 560 g/mol. The Balaban J connectivity index is 1.39. The van der Waals surface area contributed by atoms with Crippen LogP contribution in [0.15, 0.2) is 36.4 Å². The largest absolute Gasteiger partial charge is 0.493 e. The van der Waals surface area contributed by atoms with Crippen LogP contribution in [0.5, 0.6) is 5.75 Å². The van der Waals surface area contributed by atoms with Gasteiger partial charge in [-0.2, -0.15) is 0 Å². The molecule has 1 fully saturated rings. The number of rotatable bonds is 13. The molecule has 1 saturated carbocycles. The number of hydrogen-bond donors (Lipinski definition) is 2. The molecule has 0 saturated heterocycles. The molecule has 2 N–H and O–H groups in total. The van der Waals surface area contributed by atoms with Gasteiger partial charge in [0, 0.05) is 18.2 Å². The summed E-state index contributed by atoms with van der Waals surface area (Å²) in [6.07, 6.45) is 6.97. The van der Waals surface area contributed by atoms with Gasteiger partial charge in [0.25, 0.3) is 5.91 Å². The zero-order valence-electron chi connectivity index (χ0n) is 24.0. The number of carboxylic acid groups (broad SMARTS) is 1. The summed E-state index contributed by atoms with van der Waals surface area (Å²) in [4.78, 5) is 25.9. The van der Waals surface area contributed by atoms with Gasteiger partial charge < -0.3 is 15.2 Å². The molecule has 0 aliphatic heterocycles. The van der Waals surface area contributed by atoms with Gasteiger partial charge in [0.05, 0.1) is 23.7 Å². The van der Waals surface area contributed by atoms with E-state index in [1.807, 2.05) is 26.0 Å². The molecule has 1 amide bonds. The van der Waals surface area contributed by atoms with Crippen LogP contribution in [0.1, 0.15) is 73.4 Å². The summed E-state index contributed by atoms with van der Waals surface area (Å²) in [7, 11) is 0. The number of carboxylic acids is 1. The zero-order chi connectivity index (χ0) is 29.4. The average Bonchev–Trinajstić information content (AvgIpc) is 3.44. The summed E-state index contributed by atoms with van der Waals surface area (Å²) in [5.74, 6) is 0.518. The number of anilines is 1. The highest BCUT2D eigenvalue weighted by Crippen LogP contribution is 2.35. The Morgan fingerprint density at radius 2 is 1.83 bits per heavy atom. The highest BCUT2D eigenvalue weighted by molar-refractivity contribution is 7.18. The average molecular weight is 599 g/mol. The number of aryl methyl sites for hydroxylation is 2. The maximum Gasteiger partial charge on any atom is 0.317 e. The maximum absolute atomic E-state index is 13.4. The van der Waals surface area contributed by atoms with Crippen molar-refractivity contribution in [2.24, 2.45) is 5.92 Å². The Kier molecular flexibility index (Phi) is 11.1. The lowest BCUT2D eigenvalue weighted by Gasteiger charge is -2.29. The van der Waals surface area contributed by atoms with Gasteiger partial charge in [0.15, 0.2) is 0 Å². The second kappa shape index (κ2) is 14.8. The van der Waals surface area contributed by atoms with E-state index in [-0.39, 0.29) is 12.5 Å². The number of unbranched alkanes of at least 4 members (excludes halogenated alkanes) is 1. The van der Waals surface area contributed by atoms with Crippen LogP contribution < -0.4 is 15.0 Å². The van der Waals surface area contributed by atoms with E-state index < -0.39 is 5.97 Å².